The molecule has 0 bridgehead atoms. The third-order valence-electron chi connectivity index (χ3n) is 10.3. The van der Waals surface area contributed by atoms with Crippen molar-refractivity contribution >= 4 is 41.2 Å². The number of carbonyl (C=O) groups is 3. The van der Waals surface area contributed by atoms with E-state index in [4.69, 9.17) is 32.9 Å². The summed E-state index contributed by atoms with van der Waals surface area (Å²) in [4.78, 5) is 49.3. The largest absolute Gasteiger partial charge is 0.478 e. The van der Waals surface area contributed by atoms with Crippen molar-refractivity contribution in [1.82, 2.24) is 19.4 Å². The van der Waals surface area contributed by atoms with Gasteiger partial charge in [-0.15, -0.1) is 0 Å². The number of nitrogens with zero attached hydrogens (tertiary/aromatic N) is 4. The lowest BCUT2D eigenvalue weighted by Gasteiger charge is -2.38. The number of hydrogen-bond donors (Lipinski definition) is 1. The molecule has 0 fully saturated rings. The molecule has 11 heteroatoms. The van der Waals surface area contributed by atoms with E-state index in [2.05, 4.69) is 41.0 Å². The van der Waals surface area contributed by atoms with Gasteiger partial charge in [-0.3, -0.25) is 9.69 Å². The molecule has 1 heterocycles. The molecule has 1 aromatic heterocycles. The Bertz CT molecular complexity index is 2300. The Balaban J connectivity index is 1.39. The van der Waals surface area contributed by atoms with Gasteiger partial charge in [-0.2, -0.15) is 0 Å². The fourth-order valence-electron chi connectivity index (χ4n) is 7.64. The summed E-state index contributed by atoms with van der Waals surface area (Å²) >= 11 is 13.1. The SMILES string of the molecule is CC(C)[C@@H](C(=O)N(Cc1cccc(C(=O)O)c1)Cc1cccc(Cl)c1Cl)N(CCc1cn(C(c2ccccc2)(c2ccccc2)c2ccccc2)cn1)C(=O)OC(C)(C)C. The smallest absolute Gasteiger partial charge is 0.410 e. The molecule has 1 N–H and O–H groups in total. The first-order valence-electron chi connectivity index (χ1n) is 19.9. The van der Waals surface area contributed by atoms with Gasteiger partial charge in [0.1, 0.15) is 17.2 Å². The Morgan fingerprint density at radius 2 is 1.33 bits per heavy atom. The quantitative estimate of drug-likeness (QED) is 0.103. The molecule has 60 heavy (non-hydrogen) atoms. The summed E-state index contributed by atoms with van der Waals surface area (Å²) in [6.45, 7) is 9.33. The molecule has 0 aliphatic carbocycles. The van der Waals surface area contributed by atoms with E-state index >= 15 is 4.79 Å². The van der Waals surface area contributed by atoms with Gasteiger partial charge in [-0.25, -0.2) is 14.6 Å². The van der Waals surface area contributed by atoms with Crippen molar-refractivity contribution in [1.29, 1.82) is 0 Å². The molecular weight excluding hydrogens is 795 g/mol. The predicted molar refractivity (Wildman–Crippen MR) is 236 cm³/mol. The van der Waals surface area contributed by atoms with Crippen LogP contribution >= 0.6 is 23.2 Å². The van der Waals surface area contributed by atoms with Crippen LogP contribution in [-0.2, 0) is 34.6 Å². The van der Waals surface area contributed by atoms with Gasteiger partial charge < -0.3 is 19.3 Å². The summed E-state index contributed by atoms with van der Waals surface area (Å²) in [7, 11) is 0. The van der Waals surface area contributed by atoms with Crippen molar-refractivity contribution in [2.45, 2.75) is 71.3 Å². The van der Waals surface area contributed by atoms with Crippen molar-refractivity contribution < 1.29 is 24.2 Å². The van der Waals surface area contributed by atoms with Gasteiger partial charge >= 0.3 is 12.1 Å². The van der Waals surface area contributed by atoms with E-state index in [0.717, 1.165) is 16.7 Å². The number of amides is 2. The minimum Gasteiger partial charge on any atom is -0.478 e. The van der Waals surface area contributed by atoms with Crippen molar-refractivity contribution in [3.63, 3.8) is 0 Å². The minimum absolute atomic E-state index is 0.0408. The zero-order chi connectivity index (χ0) is 43.0. The number of halogens is 2. The number of rotatable bonds is 15. The fourth-order valence-corrected chi connectivity index (χ4v) is 8.02. The van der Waals surface area contributed by atoms with E-state index < -0.39 is 29.2 Å². The molecule has 6 rings (SSSR count). The van der Waals surface area contributed by atoms with E-state index in [9.17, 15) is 14.7 Å². The van der Waals surface area contributed by atoms with Crippen LogP contribution in [0.15, 0.2) is 146 Å². The molecule has 310 valence electrons. The Hall–Kier alpha value is -5.90. The minimum atomic E-state index is -1.08. The molecular formula is C49H50Cl2N4O5. The van der Waals surface area contributed by atoms with Crippen LogP contribution in [0.3, 0.4) is 0 Å². The first kappa shape index (κ1) is 43.7. The van der Waals surface area contributed by atoms with Gasteiger partial charge in [0.2, 0.25) is 5.91 Å². The highest BCUT2D eigenvalue weighted by Crippen LogP contribution is 2.41. The summed E-state index contributed by atoms with van der Waals surface area (Å²) in [5.41, 5.74) is 3.48. The van der Waals surface area contributed by atoms with E-state index in [0.29, 0.717) is 33.3 Å². The molecule has 0 spiro atoms. The molecule has 0 radical (unpaired) electrons. The van der Waals surface area contributed by atoms with Gasteiger partial charge in [0.05, 0.1) is 27.6 Å². The maximum atomic E-state index is 15.1. The van der Waals surface area contributed by atoms with Crippen molar-refractivity contribution in [2.75, 3.05) is 6.54 Å². The third kappa shape index (κ3) is 9.92. The van der Waals surface area contributed by atoms with Gasteiger partial charge in [-0.05, 0) is 72.7 Å². The second-order valence-corrected chi connectivity index (χ2v) is 16.9. The van der Waals surface area contributed by atoms with E-state index in [1.807, 2.05) is 81.0 Å². The number of carboxylic acid groups (broad SMARTS) is 1. The maximum absolute atomic E-state index is 15.1. The number of aromatic carboxylic acids is 1. The highest BCUT2D eigenvalue weighted by Gasteiger charge is 2.40. The van der Waals surface area contributed by atoms with Crippen LogP contribution in [0.4, 0.5) is 4.79 Å². The molecule has 0 saturated heterocycles. The zero-order valence-electron chi connectivity index (χ0n) is 34.5. The summed E-state index contributed by atoms with van der Waals surface area (Å²) in [5.74, 6) is -1.82. The predicted octanol–water partition coefficient (Wildman–Crippen LogP) is 10.8. The highest BCUT2D eigenvalue weighted by molar-refractivity contribution is 6.42. The number of carboxylic acids is 1. The van der Waals surface area contributed by atoms with Gasteiger partial charge in [-0.1, -0.05) is 152 Å². The first-order valence-corrected chi connectivity index (χ1v) is 20.7. The summed E-state index contributed by atoms with van der Waals surface area (Å²) < 4.78 is 8.10. The normalized spacial score (nSPS) is 12.2. The summed E-state index contributed by atoms with van der Waals surface area (Å²) in [5, 5.41) is 10.4. The van der Waals surface area contributed by atoms with Crippen LogP contribution < -0.4 is 0 Å². The molecule has 0 aliphatic heterocycles. The molecule has 0 unspecified atom stereocenters. The number of hydrogen-bond acceptors (Lipinski definition) is 5. The standard InChI is InChI=1S/C49H50Cl2N4O5/c1-34(2)44(45(56)53(31-37-19-16-26-42(50)43(37)51)30-35-17-15-18-36(29-35)46(57)58)55(47(59)60-48(3,4)5)28-27-41-32-54(33-52-41)49(38-20-9-6-10-21-38,39-22-11-7-12-23-39)40-24-13-8-14-25-40/h6-26,29,32-34,44H,27-28,30-31H2,1-5H3,(H,57,58)/t44-/m0/s1. The van der Waals surface area contributed by atoms with Gasteiger partial charge in [0, 0.05) is 32.3 Å². The average Bonchev–Trinajstić information content (AvgIpc) is 3.70. The summed E-state index contributed by atoms with van der Waals surface area (Å²) in [6, 6.07) is 41.5. The molecule has 9 nitrogen and oxygen atoms in total. The van der Waals surface area contributed by atoms with Crippen LogP contribution in [0.2, 0.25) is 10.0 Å². The molecule has 2 amide bonds. The lowest BCUT2D eigenvalue weighted by molar-refractivity contribution is -0.140. The summed E-state index contributed by atoms with van der Waals surface area (Å²) in [6.07, 6.45) is 3.50. The van der Waals surface area contributed by atoms with Crippen molar-refractivity contribution in [3.8, 4) is 0 Å². The van der Waals surface area contributed by atoms with Crippen LogP contribution in [0.1, 0.15) is 78.5 Å². The molecule has 0 saturated carbocycles. The molecule has 0 aliphatic rings. The Labute approximate surface area is 362 Å². The molecule has 5 aromatic carbocycles. The van der Waals surface area contributed by atoms with E-state index in [1.165, 1.54) is 17.0 Å². The Kier molecular flexibility index (Phi) is 13.8. The molecule has 1 atom stereocenters. The van der Waals surface area contributed by atoms with Crippen LogP contribution in [0.25, 0.3) is 0 Å². The van der Waals surface area contributed by atoms with E-state index in [1.54, 1.807) is 56.0 Å². The maximum Gasteiger partial charge on any atom is 0.410 e. The number of ether oxygens (including phenoxy) is 1. The second-order valence-electron chi connectivity index (χ2n) is 16.1. The average molecular weight is 846 g/mol. The zero-order valence-corrected chi connectivity index (χ0v) is 36.0. The Morgan fingerprint density at radius 3 is 1.87 bits per heavy atom. The topological polar surface area (TPSA) is 105 Å². The monoisotopic (exact) mass is 844 g/mol. The lowest BCUT2D eigenvalue weighted by atomic mass is 9.77. The first-order chi connectivity index (χ1) is 28.7. The van der Waals surface area contributed by atoms with Crippen LogP contribution in [-0.4, -0.2) is 60.6 Å². The lowest BCUT2D eigenvalue weighted by Crippen LogP contribution is -2.54. The van der Waals surface area contributed by atoms with E-state index in [-0.39, 0.29) is 37.0 Å². The number of benzene rings is 5. The van der Waals surface area contributed by atoms with Crippen LogP contribution in [0.5, 0.6) is 0 Å². The third-order valence-corrected chi connectivity index (χ3v) is 11.2. The van der Waals surface area contributed by atoms with Crippen LogP contribution in [0, 0.1) is 5.92 Å². The van der Waals surface area contributed by atoms with Gasteiger partial charge in [0.25, 0.3) is 0 Å². The fraction of sp³-hybridized carbons (Fsp3) is 0.265. The second kappa shape index (κ2) is 19.0. The Morgan fingerprint density at radius 1 is 0.767 bits per heavy atom. The van der Waals surface area contributed by atoms with Crippen molar-refractivity contribution in [3.05, 3.63) is 195 Å². The molecule has 6 aromatic rings. The van der Waals surface area contributed by atoms with Gasteiger partial charge in [0.15, 0.2) is 0 Å². The van der Waals surface area contributed by atoms with Crippen molar-refractivity contribution in [2.24, 2.45) is 5.92 Å². The number of carbonyl (C=O) groups excluding carboxylic acids is 2. The highest BCUT2D eigenvalue weighted by atomic mass is 35.5. The number of imidazole rings is 1. The number of aromatic nitrogens is 2.